The summed E-state index contributed by atoms with van der Waals surface area (Å²) in [6, 6.07) is 9.59. The minimum atomic E-state index is -0.864. The minimum Gasteiger partial charge on any atom is -0.368 e. The lowest BCUT2D eigenvalue weighted by molar-refractivity contribution is -0.119. The first kappa shape index (κ1) is 18.3. The number of amides is 2. The van der Waals surface area contributed by atoms with Gasteiger partial charge >= 0.3 is 0 Å². The molecule has 0 unspecified atom stereocenters. The van der Waals surface area contributed by atoms with Gasteiger partial charge in [0.2, 0.25) is 5.91 Å². The van der Waals surface area contributed by atoms with Crippen LogP contribution in [0.1, 0.15) is 27.0 Å². The standard InChI is InChI=1S/C18H18Cl2N2O2/c1-10-5-11(2)7-13(6-10)18(24)22-16(17(21)23)8-12-3-4-14(19)9-15(12)20/h3-7,9,16H,8H2,1-2H3,(H2,21,23)(H,22,24)/t16-/m0/s1. The third-order valence-corrected chi connectivity index (χ3v) is 4.16. The number of aryl methyl sites for hydroxylation is 2. The van der Waals surface area contributed by atoms with Gasteiger partial charge in [0, 0.05) is 22.0 Å². The van der Waals surface area contributed by atoms with E-state index in [1.54, 1.807) is 30.3 Å². The van der Waals surface area contributed by atoms with Crippen molar-refractivity contribution in [2.24, 2.45) is 5.73 Å². The van der Waals surface area contributed by atoms with Gasteiger partial charge in [-0.3, -0.25) is 9.59 Å². The molecule has 0 fully saturated rings. The Hall–Kier alpha value is -2.04. The van der Waals surface area contributed by atoms with Crippen LogP contribution in [0.15, 0.2) is 36.4 Å². The summed E-state index contributed by atoms with van der Waals surface area (Å²) < 4.78 is 0. The number of nitrogens with two attached hydrogens (primary N) is 1. The molecule has 0 saturated carbocycles. The molecule has 2 rings (SSSR count). The number of primary amides is 1. The maximum atomic E-state index is 12.4. The molecule has 6 heteroatoms. The second-order valence-electron chi connectivity index (χ2n) is 5.74. The van der Waals surface area contributed by atoms with Crippen LogP contribution < -0.4 is 11.1 Å². The first-order valence-electron chi connectivity index (χ1n) is 7.38. The van der Waals surface area contributed by atoms with Crippen molar-refractivity contribution in [3.8, 4) is 0 Å². The number of carbonyl (C=O) groups is 2. The zero-order valence-corrected chi connectivity index (χ0v) is 14.9. The molecule has 126 valence electrons. The molecule has 0 aliphatic rings. The van der Waals surface area contributed by atoms with E-state index in [2.05, 4.69) is 5.32 Å². The topological polar surface area (TPSA) is 72.2 Å². The van der Waals surface area contributed by atoms with E-state index in [0.717, 1.165) is 11.1 Å². The highest BCUT2D eigenvalue weighted by molar-refractivity contribution is 6.35. The molecule has 0 aromatic heterocycles. The highest BCUT2D eigenvalue weighted by Gasteiger charge is 2.21. The van der Waals surface area contributed by atoms with Crippen LogP contribution in [0.4, 0.5) is 0 Å². The van der Waals surface area contributed by atoms with Crippen LogP contribution in [0.5, 0.6) is 0 Å². The first-order valence-corrected chi connectivity index (χ1v) is 8.14. The number of hydrogen-bond donors (Lipinski definition) is 2. The number of hydrogen-bond acceptors (Lipinski definition) is 2. The van der Waals surface area contributed by atoms with E-state index in [1.807, 2.05) is 19.9 Å². The molecule has 24 heavy (non-hydrogen) atoms. The molecule has 1 atom stereocenters. The van der Waals surface area contributed by atoms with Gasteiger partial charge in [-0.15, -0.1) is 0 Å². The molecule has 2 amide bonds. The maximum Gasteiger partial charge on any atom is 0.251 e. The monoisotopic (exact) mass is 364 g/mol. The Morgan fingerprint density at radius 1 is 1.08 bits per heavy atom. The Morgan fingerprint density at radius 2 is 1.71 bits per heavy atom. The fourth-order valence-corrected chi connectivity index (χ4v) is 2.96. The van der Waals surface area contributed by atoms with E-state index in [-0.39, 0.29) is 12.3 Å². The smallest absolute Gasteiger partial charge is 0.251 e. The molecule has 0 aliphatic heterocycles. The molecule has 0 bridgehead atoms. The fraction of sp³-hybridized carbons (Fsp3) is 0.222. The molecular weight excluding hydrogens is 347 g/mol. The molecule has 0 radical (unpaired) electrons. The molecular formula is C18H18Cl2N2O2. The van der Waals surface area contributed by atoms with Gasteiger partial charge in [0.25, 0.3) is 5.91 Å². The lowest BCUT2D eigenvalue weighted by atomic mass is 10.0. The van der Waals surface area contributed by atoms with Crippen LogP contribution in [-0.4, -0.2) is 17.9 Å². The fourth-order valence-electron chi connectivity index (χ4n) is 2.48. The van der Waals surface area contributed by atoms with Crippen LogP contribution in [0, 0.1) is 13.8 Å². The largest absolute Gasteiger partial charge is 0.368 e. The summed E-state index contributed by atoms with van der Waals surface area (Å²) in [7, 11) is 0. The average Bonchev–Trinajstić information content (AvgIpc) is 2.47. The van der Waals surface area contributed by atoms with Gasteiger partial charge in [-0.05, 0) is 43.7 Å². The Bertz CT molecular complexity index is 770. The van der Waals surface area contributed by atoms with E-state index < -0.39 is 11.9 Å². The van der Waals surface area contributed by atoms with Crippen LogP contribution in [-0.2, 0) is 11.2 Å². The van der Waals surface area contributed by atoms with Gasteiger partial charge in [-0.2, -0.15) is 0 Å². The number of carbonyl (C=O) groups excluding carboxylic acids is 2. The summed E-state index contributed by atoms with van der Waals surface area (Å²) in [4.78, 5) is 24.1. The zero-order chi connectivity index (χ0) is 17.9. The Kier molecular flexibility index (Phi) is 5.86. The third-order valence-electron chi connectivity index (χ3n) is 3.57. The summed E-state index contributed by atoms with van der Waals surface area (Å²) >= 11 is 12.0. The van der Waals surface area contributed by atoms with Crippen molar-refractivity contribution < 1.29 is 9.59 Å². The molecule has 0 saturated heterocycles. The predicted molar refractivity (Wildman–Crippen MR) is 96.5 cm³/mol. The molecule has 2 aromatic carbocycles. The first-order chi connectivity index (χ1) is 11.3. The Morgan fingerprint density at radius 3 is 2.25 bits per heavy atom. The summed E-state index contributed by atoms with van der Waals surface area (Å²) in [6.07, 6.45) is 0.196. The van der Waals surface area contributed by atoms with Crippen LogP contribution in [0.3, 0.4) is 0 Å². The summed E-state index contributed by atoms with van der Waals surface area (Å²) in [5, 5.41) is 3.60. The maximum absolute atomic E-state index is 12.4. The van der Waals surface area contributed by atoms with Crippen molar-refractivity contribution in [2.45, 2.75) is 26.3 Å². The summed E-state index contributed by atoms with van der Waals surface area (Å²) in [5.41, 5.74) is 8.54. The van der Waals surface area contributed by atoms with Gasteiger partial charge in [-0.1, -0.05) is 46.5 Å². The van der Waals surface area contributed by atoms with Gasteiger partial charge in [0.05, 0.1) is 0 Å². The molecule has 4 nitrogen and oxygen atoms in total. The molecule has 2 aromatic rings. The number of halogens is 2. The van der Waals surface area contributed by atoms with E-state index >= 15 is 0 Å². The summed E-state index contributed by atoms with van der Waals surface area (Å²) in [6.45, 7) is 3.81. The number of nitrogens with one attached hydrogen (secondary N) is 1. The van der Waals surface area contributed by atoms with Crippen molar-refractivity contribution in [3.63, 3.8) is 0 Å². The molecule has 3 N–H and O–H groups in total. The normalized spacial score (nSPS) is 11.8. The Balaban J connectivity index is 2.19. The van der Waals surface area contributed by atoms with Crippen molar-refractivity contribution >= 4 is 35.0 Å². The third kappa shape index (κ3) is 4.73. The van der Waals surface area contributed by atoms with E-state index in [1.165, 1.54) is 0 Å². The van der Waals surface area contributed by atoms with E-state index in [9.17, 15) is 9.59 Å². The molecule has 0 heterocycles. The van der Waals surface area contributed by atoms with Crippen molar-refractivity contribution in [3.05, 3.63) is 68.7 Å². The van der Waals surface area contributed by atoms with Gasteiger partial charge in [0.1, 0.15) is 6.04 Å². The highest BCUT2D eigenvalue weighted by Crippen LogP contribution is 2.22. The van der Waals surface area contributed by atoms with E-state index in [4.69, 9.17) is 28.9 Å². The van der Waals surface area contributed by atoms with Crippen molar-refractivity contribution in [1.29, 1.82) is 0 Å². The summed E-state index contributed by atoms with van der Waals surface area (Å²) in [5.74, 6) is -0.977. The highest BCUT2D eigenvalue weighted by atomic mass is 35.5. The van der Waals surface area contributed by atoms with Crippen LogP contribution >= 0.6 is 23.2 Å². The van der Waals surface area contributed by atoms with Gasteiger partial charge in [0.15, 0.2) is 0 Å². The number of rotatable bonds is 5. The lowest BCUT2D eigenvalue weighted by Crippen LogP contribution is -2.45. The van der Waals surface area contributed by atoms with Crippen molar-refractivity contribution in [2.75, 3.05) is 0 Å². The Labute approximate surface area is 150 Å². The van der Waals surface area contributed by atoms with Crippen LogP contribution in [0.25, 0.3) is 0 Å². The van der Waals surface area contributed by atoms with E-state index in [0.29, 0.717) is 21.2 Å². The second-order valence-corrected chi connectivity index (χ2v) is 6.59. The van der Waals surface area contributed by atoms with Gasteiger partial charge < -0.3 is 11.1 Å². The van der Waals surface area contributed by atoms with Gasteiger partial charge in [-0.25, -0.2) is 0 Å². The zero-order valence-electron chi connectivity index (χ0n) is 13.4. The molecule has 0 spiro atoms. The molecule has 0 aliphatic carbocycles. The minimum absolute atomic E-state index is 0.196. The number of benzene rings is 2. The average molecular weight is 365 g/mol. The SMILES string of the molecule is Cc1cc(C)cc(C(=O)N[C@@H](Cc2ccc(Cl)cc2Cl)C(N)=O)c1. The quantitative estimate of drug-likeness (QED) is 0.852. The van der Waals surface area contributed by atoms with Crippen LogP contribution in [0.2, 0.25) is 10.0 Å². The lowest BCUT2D eigenvalue weighted by Gasteiger charge is -2.17. The van der Waals surface area contributed by atoms with Crippen molar-refractivity contribution in [1.82, 2.24) is 5.32 Å². The second kappa shape index (κ2) is 7.69. The predicted octanol–water partition coefficient (Wildman–Crippen LogP) is 3.44.